The molecule has 0 unspecified atom stereocenters. The standard InChI is InChI=1S/C19H23FN4O/c1-21-19(23-13-15-5-4-6-17(20)11-15)22-12-14-7-9-16(10-8-14)18(25)24(2)3/h4-11H,12-13H2,1-3H3,(H2,21,22,23). The highest BCUT2D eigenvalue weighted by Crippen LogP contribution is 2.06. The molecule has 0 bridgehead atoms. The Morgan fingerprint density at radius 1 is 1.04 bits per heavy atom. The third-order valence-electron chi connectivity index (χ3n) is 3.64. The average molecular weight is 342 g/mol. The second-order valence-electron chi connectivity index (χ2n) is 5.81. The maximum absolute atomic E-state index is 13.2. The van der Waals surface area contributed by atoms with Gasteiger partial charge in [-0.15, -0.1) is 0 Å². The van der Waals surface area contributed by atoms with Gasteiger partial charge >= 0.3 is 0 Å². The van der Waals surface area contributed by atoms with Crippen molar-refractivity contribution in [1.82, 2.24) is 15.5 Å². The quantitative estimate of drug-likeness (QED) is 0.648. The van der Waals surface area contributed by atoms with Crippen LogP contribution in [0.4, 0.5) is 4.39 Å². The molecule has 132 valence electrons. The van der Waals surface area contributed by atoms with Gasteiger partial charge in [-0.2, -0.15) is 0 Å². The van der Waals surface area contributed by atoms with Crippen LogP contribution in [0.15, 0.2) is 53.5 Å². The number of hydrogen-bond acceptors (Lipinski definition) is 2. The zero-order chi connectivity index (χ0) is 18.2. The molecule has 0 aliphatic heterocycles. The smallest absolute Gasteiger partial charge is 0.253 e. The number of aliphatic imine (C=N–C) groups is 1. The van der Waals surface area contributed by atoms with Crippen LogP contribution in [0.3, 0.4) is 0 Å². The molecule has 0 heterocycles. The Morgan fingerprint density at radius 3 is 2.24 bits per heavy atom. The molecular formula is C19H23FN4O. The van der Waals surface area contributed by atoms with Crippen LogP contribution < -0.4 is 10.6 Å². The van der Waals surface area contributed by atoms with Gasteiger partial charge in [-0.05, 0) is 35.4 Å². The van der Waals surface area contributed by atoms with E-state index in [1.165, 1.54) is 12.1 Å². The molecule has 0 radical (unpaired) electrons. The Hall–Kier alpha value is -2.89. The largest absolute Gasteiger partial charge is 0.352 e. The van der Waals surface area contributed by atoms with E-state index in [1.54, 1.807) is 32.1 Å². The lowest BCUT2D eigenvalue weighted by Crippen LogP contribution is -2.36. The van der Waals surface area contributed by atoms with Crippen molar-refractivity contribution in [3.63, 3.8) is 0 Å². The normalized spacial score (nSPS) is 11.1. The minimum Gasteiger partial charge on any atom is -0.352 e. The van der Waals surface area contributed by atoms with Gasteiger partial charge in [0.25, 0.3) is 5.91 Å². The first-order valence-electron chi connectivity index (χ1n) is 7.99. The van der Waals surface area contributed by atoms with Crippen LogP contribution in [0.25, 0.3) is 0 Å². The van der Waals surface area contributed by atoms with Gasteiger partial charge in [-0.25, -0.2) is 4.39 Å². The van der Waals surface area contributed by atoms with Gasteiger partial charge in [-0.3, -0.25) is 9.79 Å². The predicted octanol–water partition coefficient (Wildman–Crippen LogP) is 2.39. The maximum atomic E-state index is 13.2. The lowest BCUT2D eigenvalue weighted by Gasteiger charge is -2.13. The predicted molar refractivity (Wildman–Crippen MR) is 97.9 cm³/mol. The number of nitrogens with zero attached hydrogens (tertiary/aromatic N) is 2. The summed E-state index contributed by atoms with van der Waals surface area (Å²) in [7, 11) is 5.14. The van der Waals surface area contributed by atoms with E-state index >= 15 is 0 Å². The summed E-state index contributed by atoms with van der Waals surface area (Å²) in [5.74, 6) is 0.347. The lowest BCUT2D eigenvalue weighted by molar-refractivity contribution is 0.0827. The van der Waals surface area contributed by atoms with Crippen molar-refractivity contribution in [1.29, 1.82) is 0 Å². The third-order valence-corrected chi connectivity index (χ3v) is 3.64. The fourth-order valence-electron chi connectivity index (χ4n) is 2.26. The van der Waals surface area contributed by atoms with Gasteiger partial charge in [-0.1, -0.05) is 24.3 Å². The van der Waals surface area contributed by atoms with E-state index < -0.39 is 0 Å². The fraction of sp³-hybridized carbons (Fsp3) is 0.263. The Morgan fingerprint density at radius 2 is 1.68 bits per heavy atom. The van der Waals surface area contributed by atoms with Crippen molar-refractivity contribution < 1.29 is 9.18 Å². The molecule has 2 aromatic carbocycles. The number of carbonyl (C=O) groups is 1. The number of benzene rings is 2. The highest BCUT2D eigenvalue weighted by atomic mass is 19.1. The topological polar surface area (TPSA) is 56.7 Å². The van der Waals surface area contributed by atoms with Crippen molar-refractivity contribution in [3.8, 4) is 0 Å². The monoisotopic (exact) mass is 342 g/mol. The van der Waals surface area contributed by atoms with Gasteiger partial charge in [0.1, 0.15) is 5.82 Å². The summed E-state index contributed by atoms with van der Waals surface area (Å²) in [5, 5.41) is 6.33. The van der Waals surface area contributed by atoms with Crippen LogP contribution in [0.5, 0.6) is 0 Å². The third kappa shape index (κ3) is 5.60. The summed E-state index contributed by atoms with van der Waals surface area (Å²) < 4.78 is 13.2. The second kappa shape index (κ2) is 8.82. The van der Waals surface area contributed by atoms with Crippen molar-refractivity contribution >= 4 is 11.9 Å². The van der Waals surface area contributed by atoms with Gasteiger partial charge in [0.2, 0.25) is 0 Å². The average Bonchev–Trinajstić information content (AvgIpc) is 2.61. The molecule has 2 aromatic rings. The van der Waals surface area contributed by atoms with E-state index in [0.29, 0.717) is 24.6 Å². The molecule has 25 heavy (non-hydrogen) atoms. The number of rotatable bonds is 5. The zero-order valence-electron chi connectivity index (χ0n) is 14.7. The highest BCUT2D eigenvalue weighted by molar-refractivity contribution is 5.93. The fourth-order valence-corrected chi connectivity index (χ4v) is 2.26. The molecule has 0 aromatic heterocycles. The Labute approximate surface area is 147 Å². The number of hydrogen-bond donors (Lipinski definition) is 2. The van der Waals surface area contributed by atoms with Crippen LogP contribution in [-0.2, 0) is 13.1 Å². The van der Waals surface area contributed by atoms with E-state index in [0.717, 1.165) is 11.1 Å². The Bertz CT molecular complexity index is 741. The summed E-state index contributed by atoms with van der Waals surface area (Å²) in [5.41, 5.74) is 2.53. The zero-order valence-corrected chi connectivity index (χ0v) is 14.7. The molecule has 5 nitrogen and oxygen atoms in total. The molecule has 2 N–H and O–H groups in total. The summed E-state index contributed by atoms with van der Waals surface area (Å²) in [6, 6.07) is 13.9. The summed E-state index contributed by atoms with van der Waals surface area (Å²) >= 11 is 0. The van der Waals surface area contributed by atoms with Crippen molar-refractivity contribution in [2.75, 3.05) is 21.1 Å². The summed E-state index contributed by atoms with van der Waals surface area (Å²) in [6.45, 7) is 1.05. The molecule has 0 atom stereocenters. The van der Waals surface area contributed by atoms with Gasteiger partial charge in [0.05, 0.1) is 0 Å². The second-order valence-corrected chi connectivity index (χ2v) is 5.81. The van der Waals surface area contributed by atoms with Crippen LogP contribution in [0.2, 0.25) is 0 Å². The van der Waals surface area contributed by atoms with Gasteiger partial charge in [0.15, 0.2) is 5.96 Å². The highest BCUT2D eigenvalue weighted by Gasteiger charge is 2.07. The molecule has 0 spiro atoms. The molecule has 1 amide bonds. The SMILES string of the molecule is CN=C(NCc1ccc(C(=O)N(C)C)cc1)NCc1cccc(F)c1. The molecule has 0 aliphatic rings. The number of amides is 1. The molecule has 0 saturated carbocycles. The molecule has 0 saturated heterocycles. The Kier molecular flexibility index (Phi) is 6.51. The van der Waals surface area contributed by atoms with E-state index in [-0.39, 0.29) is 11.7 Å². The van der Waals surface area contributed by atoms with Gasteiger partial charge in [0, 0.05) is 39.8 Å². The van der Waals surface area contributed by atoms with Crippen molar-refractivity contribution in [2.24, 2.45) is 4.99 Å². The summed E-state index contributed by atoms with van der Waals surface area (Å²) in [6.07, 6.45) is 0. The molecule has 0 aliphatic carbocycles. The first kappa shape index (κ1) is 18.4. The molecular weight excluding hydrogens is 319 g/mol. The maximum Gasteiger partial charge on any atom is 0.253 e. The van der Waals surface area contributed by atoms with E-state index in [9.17, 15) is 9.18 Å². The Balaban J connectivity index is 1.87. The molecule has 2 rings (SSSR count). The number of halogens is 1. The minimum absolute atomic E-state index is 0.0212. The van der Waals surface area contributed by atoms with Crippen LogP contribution in [0, 0.1) is 5.82 Å². The van der Waals surface area contributed by atoms with Crippen LogP contribution in [0.1, 0.15) is 21.5 Å². The van der Waals surface area contributed by atoms with Crippen molar-refractivity contribution in [2.45, 2.75) is 13.1 Å². The van der Waals surface area contributed by atoms with E-state index in [4.69, 9.17) is 0 Å². The molecule has 6 heteroatoms. The van der Waals surface area contributed by atoms with Gasteiger partial charge < -0.3 is 15.5 Å². The lowest BCUT2D eigenvalue weighted by atomic mass is 10.1. The van der Waals surface area contributed by atoms with E-state index in [1.807, 2.05) is 30.3 Å². The minimum atomic E-state index is -0.255. The number of nitrogens with one attached hydrogen (secondary N) is 2. The van der Waals surface area contributed by atoms with Crippen LogP contribution in [-0.4, -0.2) is 37.9 Å². The number of guanidine groups is 1. The summed E-state index contributed by atoms with van der Waals surface area (Å²) in [4.78, 5) is 17.6. The first-order valence-corrected chi connectivity index (χ1v) is 7.99. The van der Waals surface area contributed by atoms with Crippen LogP contribution >= 0.6 is 0 Å². The van der Waals surface area contributed by atoms with E-state index in [2.05, 4.69) is 15.6 Å². The number of carbonyl (C=O) groups excluding carboxylic acids is 1. The molecule has 0 fully saturated rings. The first-order chi connectivity index (χ1) is 12.0. The van der Waals surface area contributed by atoms with Crippen molar-refractivity contribution in [3.05, 3.63) is 71.0 Å².